The Morgan fingerprint density at radius 3 is 3.00 bits per heavy atom. The van der Waals surface area contributed by atoms with E-state index >= 15 is 0 Å². The summed E-state index contributed by atoms with van der Waals surface area (Å²) in [6.07, 6.45) is 5.44. The molecule has 0 bridgehead atoms. The van der Waals surface area contributed by atoms with E-state index in [1.165, 1.54) is 12.3 Å². The van der Waals surface area contributed by atoms with Crippen LogP contribution in [0.1, 0.15) is 23.9 Å². The summed E-state index contributed by atoms with van der Waals surface area (Å²) >= 11 is 0. The van der Waals surface area contributed by atoms with E-state index in [-0.39, 0.29) is 23.2 Å². The van der Waals surface area contributed by atoms with Crippen LogP contribution >= 0.6 is 0 Å². The fourth-order valence-electron chi connectivity index (χ4n) is 2.27. The topological polar surface area (TPSA) is 60.9 Å². The minimum Gasteiger partial charge on any atom is -0.396 e. The summed E-state index contributed by atoms with van der Waals surface area (Å²) in [5.74, 6) is -0.176. The van der Waals surface area contributed by atoms with Gasteiger partial charge in [-0.15, -0.1) is 0 Å². The maximum atomic E-state index is 13.1. The number of halogens is 1. The minimum atomic E-state index is -0.406. The molecule has 4 nitrogen and oxygen atoms in total. The SMILES string of the molecule is Nc1cc(C2CC2n2ccncc2=O)ccc1F. The number of nitrogen functional groups attached to an aromatic ring is 1. The zero-order chi connectivity index (χ0) is 12.7. The average molecular weight is 245 g/mol. The molecule has 1 aromatic heterocycles. The molecule has 2 N–H and O–H groups in total. The Kier molecular flexibility index (Phi) is 2.40. The van der Waals surface area contributed by atoms with Crippen molar-refractivity contribution in [3.8, 4) is 0 Å². The molecule has 3 rings (SSSR count). The molecule has 1 aliphatic rings. The van der Waals surface area contributed by atoms with Gasteiger partial charge in [-0.25, -0.2) is 4.39 Å². The molecule has 0 spiro atoms. The van der Waals surface area contributed by atoms with Gasteiger partial charge in [-0.2, -0.15) is 0 Å². The van der Waals surface area contributed by atoms with Crippen molar-refractivity contribution in [2.75, 3.05) is 5.73 Å². The van der Waals surface area contributed by atoms with Crippen LogP contribution in [0.25, 0.3) is 0 Å². The lowest BCUT2D eigenvalue weighted by molar-refractivity contribution is 0.631. The molecule has 0 saturated heterocycles. The van der Waals surface area contributed by atoms with Crippen molar-refractivity contribution >= 4 is 5.69 Å². The normalized spacial score (nSPS) is 21.8. The van der Waals surface area contributed by atoms with Gasteiger partial charge in [0.2, 0.25) is 0 Å². The average Bonchev–Trinajstić information content (AvgIpc) is 3.13. The molecule has 1 aromatic carbocycles. The Labute approximate surface area is 103 Å². The molecular formula is C13H12FN3O. The van der Waals surface area contributed by atoms with Crippen LogP contribution in [0, 0.1) is 5.82 Å². The highest BCUT2D eigenvalue weighted by Crippen LogP contribution is 2.50. The summed E-state index contributed by atoms with van der Waals surface area (Å²) in [6.45, 7) is 0. The first-order valence-corrected chi connectivity index (χ1v) is 5.74. The van der Waals surface area contributed by atoms with Gasteiger partial charge in [-0.3, -0.25) is 9.78 Å². The maximum absolute atomic E-state index is 13.1. The van der Waals surface area contributed by atoms with Gasteiger partial charge in [0, 0.05) is 24.4 Å². The lowest BCUT2D eigenvalue weighted by Crippen LogP contribution is -2.18. The monoisotopic (exact) mass is 245 g/mol. The van der Waals surface area contributed by atoms with E-state index < -0.39 is 5.82 Å². The number of hydrogen-bond acceptors (Lipinski definition) is 3. The highest BCUT2D eigenvalue weighted by atomic mass is 19.1. The fourth-order valence-corrected chi connectivity index (χ4v) is 2.27. The predicted molar refractivity (Wildman–Crippen MR) is 65.7 cm³/mol. The first-order chi connectivity index (χ1) is 8.66. The van der Waals surface area contributed by atoms with Crippen molar-refractivity contribution in [1.29, 1.82) is 0 Å². The van der Waals surface area contributed by atoms with Gasteiger partial charge >= 0.3 is 0 Å². The highest BCUT2D eigenvalue weighted by Gasteiger charge is 2.40. The lowest BCUT2D eigenvalue weighted by atomic mass is 10.1. The highest BCUT2D eigenvalue weighted by molar-refractivity contribution is 5.45. The first kappa shape index (κ1) is 11.0. The molecule has 92 valence electrons. The standard InChI is InChI=1S/C13H12FN3O/c14-10-2-1-8(5-11(10)15)9-6-12(9)17-4-3-16-7-13(17)18/h1-5,7,9,12H,6,15H2. The molecule has 2 atom stereocenters. The van der Waals surface area contributed by atoms with Crippen molar-refractivity contribution in [3.05, 3.63) is 58.5 Å². The van der Waals surface area contributed by atoms with Gasteiger partial charge in [0.15, 0.2) is 0 Å². The summed E-state index contributed by atoms with van der Waals surface area (Å²) in [4.78, 5) is 15.4. The molecular weight excluding hydrogens is 233 g/mol. The van der Waals surface area contributed by atoms with Gasteiger partial charge in [-0.1, -0.05) is 6.07 Å². The van der Waals surface area contributed by atoms with Crippen molar-refractivity contribution < 1.29 is 4.39 Å². The number of nitrogens with two attached hydrogens (primary N) is 1. The number of nitrogens with zero attached hydrogens (tertiary/aromatic N) is 2. The molecule has 5 heteroatoms. The van der Waals surface area contributed by atoms with Crippen LogP contribution in [0.5, 0.6) is 0 Å². The summed E-state index contributed by atoms with van der Waals surface area (Å²) in [6, 6.07) is 4.87. The third-order valence-corrected chi connectivity index (χ3v) is 3.32. The number of aromatic nitrogens is 2. The van der Waals surface area contributed by atoms with Gasteiger partial charge in [0.1, 0.15) is 5.82 Å². The first-order valence-electron chi connectivity index (χ1n) is 5.74. The van der Waals surface area contributed by atoms with Crippen molar-refractivity contribution in [2.24, 2.45) is 0 Å². The molecule has 1 aliphatic carbocycles. The fraction of sp³-hybridized carbons (Fsp3) is 0.231. The van der Waals surface area contributed by atoms with Crippen LogP contribution in [-0.2, 0) is 0 Å². The van der Waals surface area contributed by atoms with E-state index in [0.717, 1.165) is 12.0 Å². The van der Waals surface area contributed by atoms with Crippen molar-refractivity contribution in [2.45, 2.75) is 18.4 Å². The van der Waals surface area contributed by atoms with E-state index in [4.69, 9.17) is 5.73 Å². The van der Waals surface area contributed by atoms with E-state index in [9.17, 15) is 9.18 Å². The van der Waals surface area contributed by atoms with Crippen LogP contribution in [-0.4, -0.2) is 9.55 Å². The molecule has 0 radical (unpaired) electrons. The number of hydrogen-bond donors (Lipinski definition) is 1. The Bertz CT molecular complexity index is 653. The Morgan fingerprint density at radius 2 is 2.28 bits per heavy atom. The van der Waals surface area contributed by atoms with Crippen LogP contribution in [0.4, 0.5) is 10.1 Å². The zero-order valence-electron chi connectivity index (χ0n) is 9.58. The number of anilines is 1. The van der Waals surface area contributed by atoms with Gasteiger partial charge < -0.3 is 10.3 Å². The van der Waals surface area contributed by atoms with Gasteiger partial charge in [-0.05, 0) is 24.1 Å². The zero-order valence-corrected chi connectivity index (χ0v) is 9.58. The summed E-state index contributed by atoms with van der Waals surface area (Å²) in [7, 11) is 0. The smallest absolute Gasteiger partial charge is 0.269 e. The molecule has 1 heterocycles. The van der Waals surface area contributed by atoms with Gasteiger partial charge in [0.05, 0.1) is 11.9 Å². The Morgan fingerprint density at radius 1 is 1.44 bits per heavy atom. The minimum absolute atomic E-state index is 0.111. The molecule has 2 unspecified atom stereocenters. The second kappa shape index (κ2) is 3.94. The van der Waals surface area contributed by atoms with Crippen molar-refractivity contribution in [1.82, 2.24) is 9.55 Å². The summed E-state index contributed by atoms with van der Waals surface area (Å²) in [5.41, 5.74) is 6.56. The maximum Gasteiger partial charge on any atom is 0.269 e. The quantitative estimate of drug-likeness (QED) is 0.819. The summed E-state index contributed by atoms with van der Waals surface area (Å²) < 4.78 is 14.7. The van der Waals surface area contributed by atoms with Crippen LogP contribution in [0.3, 0.4) is 0 Å². The number of benzene rings is 1. The van der Waals surface area contributed by atoms with E-state index in [1.807, 2.05) is 0 Å². The Balaban J connectivity index is 1.88. The van der Waals surface area contributed by atoms with Crippen LogP contribution in [0.15, 0.2) is 41.6 Å². The molecule has 1 saturated carbocycles. The summed E-state index contributed by atoms with van der Waals surface area (Å²) in [5, 5.41) is 0. The second-order valence-corrected chi connectivity index (χ2v) is 4.51. The third kappa shape index (κ3) is 1.77. The number of rotatable bonds is 2. The molecule has 2 aromatic rings. The van der Waals surface area contributed by atoms with E-state index in [0.29, 0.717) is 0 Å². The third-order valence-electron chi connectivity index (χ3n) is 3.32. The predicted octanol–water partition coefficient (Wildman–Crippen LogP) is 1.69. The Hall–Kier alpha value is -2.17. The van der Waals surface area contributed by atoms with Crippen molar-refractivity contribution in [3.63, 3.8) is 0 Å². The molecule has 0 amide bonds. The lowest BCUT2D eigenvalue weighted by Gasteiger charge is -2.05. The van der Waals surface area contributed by atoms with E-state index in [2.05, 4.69) is 4.98 Å². The van der Waals surface area contributed by atoms with E-state index in [1.54, 1.807) is 29.1 Å². The van der Waals surface area contributed by atoms with Crippen LogP contribution in [0.2, 0.25) is 0 Å². The molecule has 0 aliphatic heterocycles. The largest absolute Gasteiger partial charge is 0.396 e. The molecule has 1 fully saturated rings. The molecule has 18 heavy (non-hydrogen) atoms. The second-order valence-electron chi connectivity index (χ2n) is 4.51. The van der Waals surface area contributed by atoms with Crippen LogP contribution < -0.4 is 11.3 Å². The van der Waals surface area contributed by atoms with Gasteiger partial charge in [0.25, 0.3) is 5.56 Å².